The Morgan fingerprint density at radius 2 is 1.58 bits per heavy atom. The molecule has 2 aromatic heterocycles. The normalized spacial score (nSPS) is 10.4. The predicted molar refractivity (Wildman–Crippen MR) is 117 cm³/mol. The summed E-state index contributed by atoms with van der Waals surface area (Å²) in [5.41, 5.74) is 5.72. The average molecular weight is 421 g/mol. The monoisotopic (exact) mass is 421 g/mol. The van der Waals surface area contributed by atoms with Crippen LogP contribution in [0, 0.1) is 0 Å². The Morgan fingerprint density at radius 1 is 0.968 bits per heavy atom. The number of nitrogens with zero attached hydrogens (tertiary/aromatic N) is 4. The van der Waals surface area contributed by atoms with E-state index in [1.165, 1.54) is 35.1 Å². The molecule has 2 aromatic carbocycles. The van der Waals surface area contributed by atoms with Gasteiger partial charge in [-0.1, -0.05) is 48.5 Å². The van der Waals surface area contributed by atoms with Crippen molar-refractivity contribution >= 4 is 17.1 Å². The number of benzene rings is 2. The molecule has 0 spiro atoms. The first-order chi connectivity index (χ1) is 14.9. The van der Waals surface area contributed by atoms with Gasteiger partial charge < -0.3 is 15.0 Å². The van der Waals surface area contributed by atoms with Crippen LogP contribution in [0.4, 0.5) is 0 Å². The van der Waals surface area contributed by atoms with E-state index in [0.717, 1.165) is 10.3 Å². The molecule has 9 heteroatoms. The molecular weight excluding hydrogens is 398 g/mol. The van der Waals surface area contributed by atoms with Crippen LogP contribution in [0.1, 0.15) is 5.56 Å². The molecule has 0 bridgehead atoms. The zero-order valence-corrected chi connectivity index (χ0v) is 17.3. The third kappa shape index (κ3) is 5.08. The van der Waals surface area contributed by atoms with Gasteiger partial charge in [-0.2, -0.15) is 0 Å². The van der Waals surface area contributed by atoms with Crippen LogP contribution in [0.15, 0.2) is 76.6 Å². The molecule has 1 amide bonds. The highest BCUT2D eigenvalue weighted by molar-refractivity contribution is 5.77. The quantitative estimate of drug-likeness (QED) is 0.520. The number of para-hydroxylation sites is 1. The number of nitrogens with two attached hydrogens (primary N) is 1. The molecule has 160 valence electrons. The lowest BCUT2D eigenvalue weighted by Crippen LogP contribution is -2.37. The Morgan fingerprint density at radius 3 is 2.19 bits per heavy atom. The van der Waals surface area contributed by atoms with Crippen molar-refractivity contribution in [3.8, 4) is 5.75 Å². The number of imidazole rings is 1. The van der Waals surface area contributed by atoms with E-state index in [4.69, 9.17) is 10.5 Å². The van der Waals surface area contributed by atoms with Gasteiger partial charge in [-0.25, -0.2) is 9.78 Å². The lowest BCUT2D eigenvalue weighted by molar-refractivity contribution is -0.118. The summed E-state index contributed by atoms with van der Waals surface area (Å²) in [4.78, 5) is 38.3. The predicted octanol–water partition coefficient (Wildman–Crippen LogP) is 1.18. The van der Waals surface area contributed by atoms with E-state index in [0.29, 0.717) is 6.61 Å². The molecule has 0 aliphatic rings. The SMILES string of the molecule is Cn1c(=O)c2c(ncn2CC(N)=O)n(C)c1=O.c1ccc(COc2ccccc2)cc1. The van der Waals surface area contributed by atoms with E-state index in [-0.39, 0.29) is 17.7 Å². The van der Waals surface area contributed by atoms with Crippen LogP contribution in [-0.2, 0) is 32.0 Å². The second-order valence-corrected chi connectivity index (χ2v) is 6.80. The van der Waals surface area contributed by atoms with E-state index in [1.807, 2.05) is 48.5 Å². The number of hydrogen-bond acceptors (Lipinski definition) is 5. The van der Waals surface area contributed by atoms with E-state index in [1.54, 1.807) is 0 Å². The number of carbonyl (C=O) groups is 1. The van der Waals surface area contributed by atoms with Crippen LogP contribution in [0.3, 0.4) is 0 Å². The fraction of sp³-hybridized carbons (Fsp3) is 0.182. The highest BCUT2D eigenvalue weighted by Gasteiger charge is 2.14. The van der Waals surface area contributed by atoms with E-state index >= 15 is 0 Å². The van der Waals surface area contributed by atoms with Gasteiger partial charge in [-0.15, -0.1) is 0 Å². The van der Waals surface area contributed by atoms with Crippen LogP contribution in [0.25, 0.3) is 11.2 Å². The van der Waals surface area contributed by atoms with Gasteiger partial charge in [0.25, 0.3) is 5.56 Å². The molecular formula is C22H23N5O4. The number of rotatable bonds is 5. The summed E-state index contributed by atoms with van der Waals surface area (Å²) in [7, 11) is 2.87. The van der Waals surface area contributed by atoms with Crippen molar-refractivity contribution in [3.63, 3.8) is 0 Å². The number of primary amides is 1. The summed E-state index contributed by atoms with van der Waals surface area (Å²) >= 11 is 0. The second kappa shape index (κ2) is 9.57. The van der Waals surface area contributed by atoms with E-state index < -0.39 is 17.2 Å². The maximum Gasteiger partial charge on any atom is 0.332 e. The summed E-state index contributed by atoms with van der Waals surface area (Å²) in [5, 5.41) is 0. The first kappa shape index (κ1) is 21.6. The first-order valence-electron chi connectivity index (χ1n) is 9.49. The van der Waals surface area contributed by atoms with Crippen LogP contribution in [0.5, 0.6) is 5.75 Å². The van der Waals surface area contributed by atoms with Gasteiger partial charge in [0.05, 0.1) is 6.33 Å². The van der Waals surface area contributed by atoms with Crippen molar-refractivity contribution < 1.29 is 9.53 Å². The Hall–Kier alpha value is -4.14. The number of hydrogen-bond donors (Lipinski definition) is 1. The molecule has 0 saturated carbocycles. The lowest BCUT2D eigenvalue weighted by Gasteiger charge is -2.05. The van der Waals surface area contributed by atoms with Crippen molar-refractivity contribution in [2.75, 3.05) is 0 Å². The van der Waals surface area contributed by atoms with Crippen molar-refractivity contribution in [1.82, 2.24) is 18.7 Å². The smallest absolute Gasteiger partial charge is 0.332 e. The van der Waals surface area contributed by atoms with Crippen LogP contribution >= 0.6 is 0 Å². The van der Waals surface area contributed by atoms with Crippen LogP contribution in [0.2, 0.25) is 0 Å². The zero-order chi connectivity index (χ0) is 22.4. The third-order valence-electron chi connectivity index (χ3n) is 4.53. The van der Waals surface area contributed by atoms with E-state index in [9.17, 15) is 14.4 Å². The van der Waals surface area contributed by atoms with Crippen molar-refractivity contribution in [2.24, 2.45) is 19.8 Å². The Balaban J connectivity index is 0.000000179. The van der Waals surface area contributed by atoms with Gasteiger partial charge in [0.15, 0.2) is 11.2 Å². The third-order valence-corrected chi connectivity index (χ3v) is 4.53. The van der Waals surface area contributed by atoms with Gasteiger partial charge in [-0.05, 0) is 17.7 Å². The molecule has 4 rings (SSSR count). The number of ether oxygens (including phenoxy) is 1. The van der Waals surface area contributed by atoms with Crippen molar-refractivity contribution in [1.29, 1.82) is 0 Å². The summed E-state index contributed by atoms with van der Waals surface area (Å²) in [6.45, 7) is 0.481. The maximum atomic E-state index is 11.9. The first-order valence-corrected chi connectivity index (χ1v) is 9.49. The van der Waals surface area contributed by atoms with Gasteiger partial charge >= 0.3 is 5.69 Å². The molecule has 0 aliphatic carbocycles. The van der Waals surface area contributed by atoms with Gasteiger partial charge in [-0.3, -0.25) is 18.7 Å². The number of amides is 1. The minimum Gasteiger partial charge on any atom is -0.489 e. The Bertz CT molecular complexity index is 1250. The molecule has 4 aromatic rings. The summed E-state index contributed by atoms with van der Waals surface area (Å²) in [5.74, 6) is 0.330. The molecule has 0 fully saturated rings. The number of aryl methyl sites for hydroxylation is 1. The molecule has 0 atom stereocenters. The summed E-state index contributed by atoms with van der Waals surface area (Å²) in [6.07, 6.45) is 1.32. The minimum atomic E-state index is -0.583. The lowest BCUT2D eigenvalue weighted by atomic mass is 10.2. The highest BCUT2D eigenvalue weighted by Crippen LogP contribution is 2.11. The van der Waals surface area contributed by atoms with E-state index in [2.05, 4.69) is 17.1 Å². The molecule has 2 heterocycles. The fourth-order valence-electron chi connectivity index (χ4n) is 2.94. The number of aromatic nitrogens is 4. The van der Waals surface area contributed by atoms with Crippen LogP contribution in [-0.4, -0.2) is 24.6 Å². The minimum absolute atomic E-state index is 0.149. The fourth-order valence-corrected chi connectivity index (χ4v) is 2.94. The maximum absolute atomic E-state index is 11.9. The highest BCUT2D eigenvalue weighted by atomic mass is 16.5. The average Bonchev–Trinajstić information content (AvgIpc) is 3.20. The number of fused-ring (bicyclic) bond motifs is 1. The molecule has 0 unspecified atom stereocenters. The van der Waals surface area contributed by atoms with Gasteiger partial charge in [0, 0.05) is 14.1 Å². The zero-order valence-electron chi connectivity index (χ0n) is 17.3. The largest absolute Gasteiger partial charge is 0.489 e. The van der Waals surface area contributed by atoms with Gasteiger partial charge in [0.1, 0.15) is 18.9 Å². The number of carbonyl (C=O) groups excluding carboxylic acids is 1. The standard InChI is InChI=1S/C13H12O.C9H11N5O3/c1-3-7-12(8-4-1)11-14-13-9-5-2-6-10-13;1-12-7-6(8(16)13(2)9(12)17)14(4-11-7)3-5(10)15/h1-10H,11H2;4H,3H2,1-2H3,(H2,10,15). The second-order valence-electron chi connectivity index (χ2n) is 6.80. The molecule has 0 radical (unpaired) electrons. The van der Waals surface area contributed by atoms with Crippen LogP contribution < -0.4 is 21.7 Å². The van der Waals surface area contributed by atoms with Crippen molar-refractivity contribution in [2.45, 2.75) is 13.2 Å². The Labute approximate surface area is 177 Å². The molecule has 0 aliphatic heterocycles. The molecule has 0 saturated heterocycles. The molecule has 2 N–H and O–H groups in total. The summed E-state index contributed by atoms with van der Waals surface area (Å²) in [6, 6.07) is 20.0. The topological polar surface area (TPSA) is 114 Å². The van der Waals surface area contributed by atoms with Crippen molar-refractivity contribution in [3.05, 3.63) is 93.4 Å². The summed E-state index contributed by atoms with van der Waals surface area (Å²) < 4.78 is 9.13. The molecule has 31 heavy (non-hydrogen) atoms. The Kier molecular flexibility index (Phi) is 6.66. The van der Waals surface area contributed by atoms with Gasteiger partial charge in [0.2, 0.25) is 5.91 Å². The molecule has 9 nitrogen and oxygen atoms in total.